The molecular weight excluding hydrogens is 240 g/mol. The topological polar surface area (TPSA) is 43.4 Å². The maximum Gasteiger partial charge on any atom is 0.319 e. The predicted octanol–water partition coefficient (Wildman–Crippen LogP) is 3.34. The molecule has 0 saturated heterocycles. The van der Waals surface area contributed by atoms with Crippen LogP contribution in [0.25, 0.3) is 0 Å². The zero-order chi connectivity index (χ0) is 14.0. The number of benzene rings is 1. The molecule has 3 nitrogen and oxygen atoms in total. The molecule has 1 saturated carbocycles. The summed E-state index contributed by atoms with van der Waals surface area (Å²) in [5, 5.41) is 0. The van der Waals surface area contributed by atoms with Crippen molar-refractivity contribution in [3.05, 3.63) is 35.4 Å². The van der Waals surface area contributed by atoms with Gasteiger partial charge in [-0.25, -0.2) is 0 Å². The maximum atomic E-state index is 12.4. The molecule has 0 N–H and O–H groups in total. The molecule has 2 rings (SSSR count). The highest BCUT2D eigenvalue weighted by Gasteiger charge is 2.57. The molecule has 1 aromatic carbocycles. The zero-order valence-corrected chi connectivity index (χ0v) is 11.7. The highest BCUT2D eigenvalue weighted by atomic mass is 16.5. The minimum Gasteiger partial charge on any atom is -0.468 e. The Morgan fingerprint density at radius 1 is 1.26 bits per heavy atom. The van der Waals surface area contributed by atoms with E-state index in [1.54, 1.807) is 0 Å². The van der Waals surface area contributed by atoms with Gasteiger partial charge in [0.15, 0.2) is 5.78 Å². The third kappa shape index (κ3) is 2.42. The van der Waals surface area contributed by atoms with Crippen LogP contribution in [0, 0.1) is 5.41 Å². The first kappa shape index (κ1) is 13.8. The zero-order valence-electron chi connectivity index (χ0n) is 11.7. The van der Waals surface area contributed by atoms with Crippen LogP contribution in [0.4, 0.5) is 0 Å². The summed E-state index contributed by atoms with van der Waals surface area (Å²) in [4.78, 5) is 24.1. The molecule has 0 heterocycles. The van der Waals surface area contributed by atoms with Crippen LogP contribution in [0.15, 0.2) is 24.3 Å². The highest BCUT2D eigenvalue weighted by molar-refractivity contribution is 6.14. The van der Waals surface area contributed by atoms with Gasteiger partial charge in [0.25, 0.3) is 0 Å². The van der Waals surface area contributed by atoms with Crippen LogP contribution in [-0.2, 0) is 9.53 Å². The van der Waals surface area contributed by atoms with Gasteiger partial charge in [0.1, 0.15) is 5.41 Å². The highest BCUT2D eigenvalue weighted by Crippen LogP contribution is 2.49. The first-order valence-corrected chi connectivity index (χ1v) is 6.78. The summed E-state index contributed by atoms with van der Waals surface area (Å²) in [6.45, 7) is 4.30. The second kappa shape index (κ2) is 5.16. The molecule has 1 aliphatic rings. The van der Waals surface area contributed by atoms with Crippen molar-refractivity contribution in [3.8, 4) is 0 Å². The van der Waals surface area contributed by atoms with Crippen LogP contribution < -0.4 is 0 Å². The van der Waals surface area contributed by atoms with Crippen molar-refractivity contribution in [1.82, 2.24) is 0 Å². The Kier molecular flexibility index (Phi) is 3.74. The maximum absolute atomic E-state index is 12.4. The lowest BCUT2D eigenvalue weighted by Crippen LogP contribution is -2.27. The van der Waals surface area contributed by atoms with Crippen LogP contribution in [0.1, 0.15) is 54.9 Å². The molecule has 1 atom stereocenters. The molecule has 0 aliphatic heterocycles. The largest absolute Gasteiger partial charge is 0.468 e. The predicted molar refractivity (Wildman–Crippen MR) is 73.2 cm³/mol. The van der Waals surface area contributed by atoms with E-state index in [0.29, 0.717) is 24.3 Å². The molecule has 0 bridgehead atoms. The van der Waals surface area contributed by atoms with Gasteiger partial charge < -0.3 is 4.74 Å². The van der Waals surface area contributed by atoms with E-state index in [0.717, 1.165) is 6.42 Å². The second-order valence-electron chi connectivity index (χ2n) is 5.33. The third-order valence-corrected chi connectivity index (χ3v) is 4.12. The van der Waals surface area contributed by atoms with E-state index in [1.807, 2.05) is 24.3 Å². The van der Waals surface area contributed by atoms with Gasteiger partial charge >= 0.3 is 5.97 Å². The molecule has 1 unspecified atom stereocenters. The Hall–Kier alpha value is -1.64. The average Bonchev–Trinajstić information content (AvgIpc) is 3.26. The van der Waals surface area contributed by atoms with E-state index in [2.05, 4.69) is 13.8 Å². The number of hydrogen-bond acceptors (Lipinski definition) is 3. The van der Waals surface area contributed by atoms with Gasteiger partial charge in [0.2, 0.25) is 0 Å². The van der Waals surface area contributed by atoms with Crippen LogP contribution in [0.3, 0.4) is 0 Å². The van der Waals surface area contributed by atoms with Crippen molar-refractivity contribution in [1.29, 1.82) is 0 Å². The lowest BCUT2D eigenvalue weighted by Gasteiger charge is -2.13. The Morgan fingerprint density at radius 3 is 2.26 bits per heavy atom. The van der Waals surface area contributed by atoms with Gasteiger partial charge in [-0.3, -0.25) is 9.59 Å². The van der Waals surface area contributed by atoms with Crippen molar-refractivity contribution >= 4 is 11.8 Å². The standard InChI is InChI=1S/C16H20O3/c1-4-11(2)12-5-7-13(8-6-12)14(17)16(9-10-16)15(18)19-3/h5-8,11H,4,9-10H2,1-3H3. The van der Waals surface area contributed by atoms with E-state index >= 15 is 0 Å². The van der Waals surface area contributed by atoms with Gasteiger partial charge in [-0.2, -0.15) is 0 Å². The quantitative estimate of drug-likeness (QED) is 0.463. The fraction of sp³-hybridized carbons (Fsp3) is 0.500. The van der Waals surface area contributed by atoms with Gasteiger partial charge in [-0.15, -0.1) is 0 Å². The van der Waals surface area contributed by atoms with Gasteiger partial charge in [0, 0.05) is 5.56 Å². The fourth-order valence-electron chi connectivity index (χ4n) is 2.32. The van der Waals surface area contributed by atoms with E-state index in [9.17, 15) is 9.59 Å². The van der Waals surface area contributed by atoms with E-state index in [1.165, 1.54) is 12.7 Å². The van der Waals surface area contributed by atoms with Crippen LogP contribution in [0.5, 0.6) is 0 Å². The number of ether oxygens (including phenoxy) is 1. The Morgan fingerprint density at radius 2 is 1.84 bits per heavy atom. The van der Waals surface area contributed by atoms with Crippen molar-refractivity contribution in [3.63, 3.8) is 0 Å². The number of carbonyl (C=O) groups excluding carboxylic acids is 2. The monoisotopic (exact) mass is 260 g/mol. The lowest BCUT2D eigenvalue weighted by molar-refractivity contribution is -0.145. The van der Waals surface area contributed by atoms with Gasteiger partial charge in [-0.05, 0) is 30.7 Å². The fourth-order valence-corrected chi connectivity index (χ4v) is 2.32. The number of rotatable bonds is 5. The minimum absolute atomic E-state index is 0.102. The van der Waals surface area contributed by atoms with Crippen molar-refractivity contribution < 1.29 is 14.3 Å². The van der Waals surface area contributed by atoms with Crippen LogP contribution in [0.2, 0.25) is 0 Å². The SMILES string of the molecule is CCC(C)c1ccc(C(=O)C2(C(=O)OC)CC2)cc1. The van der Waals surface area contributed by atoms with Crippen molar-refractivity contribution in [2.45, 2.75) is 39.0 Å². The van der Waals surface area contributed by atoms with Crippen LogP contribution >= 0.6 is 0 Å². The molecule has 0 amide bonds. The number of ketones is 1. The molecule has 1 aromatic rings. The normalized spacial score (nSPS) is 17.6. The molecule has 0 aromatic heterocycles. The van der Waals surface area contributed by atoms with Gasteiger partial charge in [0.05, 0.1) is 7.11 Å². The first-order valence-electron chi connectivity index (χ1n) is 6.78. The molecule has 102 valence electrons. The average molecular weight is 260 g/mol. The summed E-state index contributed by atoms with van der Waals surface area (Å²) in [6.07, 6.45) is 2.27. The summed E-state index contributed by atoms with van der Waals surface area (Å²) in [5.41, 5.74) is 0.934. The first-order chi connectivity index (χ1) is 9.05. The molecule has 19 heavy (non-hydrogen) atoms. The van der Waals surface area contributed by atoms with E-state index < -0.39 is 11.4 Å². The number of hydrogen-bond donors (Lipinski definition) is 0. The van der Waals surface area contributed by atoms with E-state index in [-0.39, 0.29) is 5.78 Å². The Bertz CT molecular complexity index is 483. The number of carbonyl (C=O) groups is 2. The smallest absolute Gasteiger partial charge is 0.319 e. The van der Waals surface area contributed by atoms with Crippen molar-refractivity contribution in [2.75, 3.05) is 7.11 Å². The Balaban J connectivity index is 2.19. The summed E-state index contributed by atoms with van der Waals surface area (Å²) in [7, 11) is 1.34. The van der Waals surface area contributed by atoms with Crippen molar-refractivity contribution in [2.24, 2.45) is 5.41 Å². The molecule has 1 fully saturated rings. The number of esters is 1. The lowest BCUT2D eigenvalue weighted by atomic mass is 9.92. The number of methoxy groups -OCH3 is 1. The summed E-state index contributed by atoms with van der Waals surface area (Å²) in [5.74, 6) is -0.0156. The molecule has 3 heteroatoms. The summed E-state index contributed by atoms with van der Waals surface area (Å²) in [6, 6.07) is 7.61. The molecular formula is C16H20O3. The number of Topliss-reactive ketones (excluding diaryl/α,β-unsaturated/α-hetero) is 1. The van der Waals surface area contributed by atoms with Crippen LogP contribution in [-0.4, -0.2) is 18.9 Å². The minimum atomic E-state index is -0.896. The van der Waals surface area contributed by atoms with Gasteiger partial charge in [-0.1, -0.05) is 38.1 Å². The molecule has 0 spiro atoms. The molecule has 1 aliphatic carbocycles. The van der Waals surface area contributed by atoms with E-state index in [4.69, 9.17) is 4.74 Å². The summed E-state index contributed by atoms with van der Waals surface area (Å²) < 4.78 is 4.74. The third-order valence-electron chi connectivity index (χ3n) is 4.12. The Labute approximate surface area is 114 Å². The second-order valence-corrected chi connectivity index (χ2v) is 5.33. The molecule has 0 radical (unpaired) electrons. The summed E-state index contributed by atoms with van der Waals surface area (Å²) >= 11 is 0.